The minimum absolute atomic E-state index is 0.0164. The highest BCUT2D eigenvalue weighted by molar-refractivity contribution is 6.06. The predicted octanol–water partition coefficient (Wildman–Crippen LogP) is 4.14. The lowest BCUT2D eigenvalue weighted by Crippen LogP contribution is -2.22. The highest BCUT2D eigenvalue weighted by Gasteiger charge is 2.14. The molecule has 0 radical (unpaired) electrons. The van der Waals surface area contributed by atoms with Gasteiger partial charge in [-0.05, 0) is 42.2 Å². The van der Waals surface area contributed by atoms with E-state index in [1.807, 2.05) is 12.1 Å². The number of amides is 2. The van der Waals surface area contributed by atoms with E-state index in [-0.39, 0.29) is 23.7 Å². The number of hydrazone groups is 1. The maximum Gasteiger partial charge on any atom is 0.271 e. The molecule has 0 saturated carbocycles. The second kappa shape index (κ2) is 9.91. The van der Waals surface area contributed by atoms with Crippen molar-refractivity contribution in [3.05, 3.63) is 53.6 Å². The molecular weight excluding hydrogens is 382 g/mol. The van der Waals surface area contributed by atoms with E-state index in [0.29, 0.717) is 28.5 Å². The molecule has 0 aromatic heterocycles. The molecule has 30 heavy (non-hydrogen) atoms. The van der Waals surface area contributed by atoms with Gasteiger partial charge in [0, 0.05) is 17.3 Å². The number of nitrogens with one attached hydrogen (secondary N) is 2. The van der Waals surface area contributed by atoms with Crippen molar-refractivity contribution in [3.8, 4) is 11.5 Å². The molecule has 0 atom stereocenters. The van der Waals surface area contributed by atoms with Gasteiger partial charge in [-0.1, -0.05) is 32.9 Å². The van der Waals surface area contributed by atoms with Gasteiger partial charge in [0.1, 0.15) is 11.5 Å². The van der Waals surface area contributed by atoms with Crippen molar-refractivity contribution < 1.29 is 19.1 Å². The first-order chi connectivity index (χ1) is 14.1. The Morgan fingerprint density at radius 3 is 2.23 bits per heavy atom. The van der Waals surface area contributed by atoms with Crippen LogP contribution in [0.5, 0.6) is 11.5 Å². The third-order valence-corrected chi connectivity index (χ3v) is 4.46. The van der Waals surface area contributed by atoms with E-state index in [9.17, 15) is 9.59 Å². The van der Waals surface area contributed by atoms with E-state index in [1.165, 1.54) is 7.11 Å². The number of benzene rings is 2. The molecule has 2 aromatic rings. The average molecular weight is 412 g/mol. The van der Waals surface area contributed by atoms with Gasteiger partial charge in [0.2, 0.25) is 5.91 Å². The number of carbonyl (C=O) groups is 2. The standard InChI is InChI=1S/C23H29N3O4/c1-15(13-21(27)24-19-14-18(29-5)11-12-20(19)30-6)25-26-22(28)16-7-9-17(10-8-16)23(2,3)4/h7-12,14H,13H2,1-6H3,(H,24,27)(H,26,28)/b25-15+. The van der Waals surface area contributed by atoms with Crippen LogP contribution in [0.1, 0.15) is 50.0 Å². The molecule has 160 valence electrons. The zero-order valence-electron chi connectivity index (χ0n) is 18.3. The van der Waals surface area contributed by atoms with Crippen LogP contribution >= 0.6 is 0 Å². The fourth-order valence-corrected chi connectivity index (χ4v) is 2.71. The molecule has 0 spiro atoms. The SMILES string of the molecule is COc1ccc(OC)c(NC(=O)C/C(C)=N/NC(=O)c2ccc(C(C)(C)C)cc2)c1. The third-order valence-electron chi connectivity index (χ3n) is 4.46. The monoisotopic (exact) mass is 411 g/mol. The van der Waals surface area contributed by atoms with Crippen LogP contribution in [-0.2, 0) is 10.2 Å². The molecule has 0 fully saturated rings. The van der Waals surface area contributed by atoms with Crippen molar-refractivity contribution in [1.82, 2.24) is 5.43 Å². The normalized spacial score (nSPS) is 11.6. The number of hydrogen-bond acceptors (Lipinski definition) is 5. The minimum atomic E-state index is -0.329. The van der Waals surface area contributed by atoms with Gasteiger partial charge < -0.3 is 14.8 Å². The van der Waals surface area contributed by atoms with Gasteiger partial charge in [-0.25, -0.2) is 5.43 Å². The topological polar surface area (TPSA) is 89.0 Å². The first-order valence-electron chi connectivity index (χ1n) is 9.60. The second-order valence-corrected chi connectivity index (χ2v) is 7.91. The average Bonchev–Trinajstić information content (AvgIpc) is 2.71. The van der Waals surface area contributed by atoms with Crippen LogP contribution in [0, 0.1) is 0 Å². The highest BCUT2D eigenvalue weighted by Crippen LogP contribution is 2.29. The quantitative estimate of drug-likeness (QED) is 0.529. The van der Waals surface area contributed by atoms with E-state index in [1.54, 1.807) is 44.4 Å². The van der Waals surface area contributed by atoms with Crippen molar-refractivity contribution in [2.45, 2.75) is 39.5 Å². The molecule has 2 rings (SSSR count). The van der Waals surface area contributed by atoms with Crippen molar-refractivity contribution >= 4 is 23.2 Å². The summed E-state index contributed by atoms with van der Waals surface area (Å²) in [5.74, 6) is 0.503. The van der Waals surface area contributed by atoms with Crippen LogP contribution in [0.2, 0.25) is 0 Å². The molecular formula is C23H29N3O4. The van der Waals surface area contributed by atoms with Crippen molar-refractivity contribution in [2.24, 2.45) is 5.10 Å². The van der Waals surface area contributed by atoms with Gasteiger partial charge in [-0.3, -0.25) is 9.59 Å². The molecule has 0 heterocycles. The molecule has 2 aromatic carbocycles. The molecule has 0 saturated heterocycles. The van der Waals surface area contributed by atoms with E-state index in [4.69, 9.17) is 9.47 Å². The molecule has 2 N–H and O–H groups in total. The maximum atomic E-state index is 12.3. The number of rotatable bonds is 7. The summed E-state index contributed by atoms with van der Waals surface area (Å²) >= 11 is 0. The summed E-state index contributed by atoms with van der Waals surface area (Å²) in [6.45, 7) is 8.01. The maximum absolute atomic E-state index is 12.3. The summed E-state index contributed by atoms with van der Waals surface area (Å²) in [5.41, 5.74) is 5.12. The Hall–Kier alpha value is -3.35. The summed E-state index contributed by atoms with van der Waals surface area (Å²) in [4.78, 5) is 24.6. The number of nitrogens with zero attached hydrogens (tertiary/aromatic N) is 1. The van der Waals surface area contributed by atoms with Crippen molar-refractivity contribution in [2.75, 3.05) is 19.5 Å². The Labute approximate surface area is 177 Å². The van der Waals surface area contributed by atoms with Crippen LogP contribution in [0.3, 0.4) is 0 Å². The van der Waals surface area contributed by atoms with Gasteiger partial charge in [-0.15, -0.1) is 0 Å². The lowest BCUT2D eigenvalue weighted by Gasteiger charge is -2.18. The Balaban J connectivity index is 1.96. The molecule has 0 aliphatic carbocycles. The first kappa shape index (κ1) is 22.9. The van der Waals surface area contributed by atoms with Gasteiger partial charge in [0.25, 0.3) is 5.91 Å². The summed E-state index contributed by atoms with van der Waals surface area (Å²) in [5, 5.41) is 6.80. The fourth-order valence-electron chi connectivity index (χ4n) is 2.71. The van der Waals surface area contributed by atoms with E-state index in [2.05, 4.69) is 36.6 Å². The summed E-state index contributed by atoms with van der Waals surface area (Å²) < 4.78 is 10.4. The lowest BCUT2D eigenvalue weighted by atomic mass is 9.87. The number of anilines is 1. The Kier molecular flexibility index (Phi) is 7.58. The second-order valence-electron chi connectivity index (χ2n) is 7.91. The number of methoxy groups -OCH3 is 2. The Bertz CT molecular complexity index is 928. The highest BCUT2D eigenvalue weighted by atomic mass is 16.5. The van der Waals surface area contributed by atoms with Gasteiger partial charge in [0.05, 0.1) is 26.3 Å². The molecule has 0 bridgehead atoms. The largest absolute Gasteiger partial charge is 0.497 e. The van der Waals surface area contributed by atoms with Crippen molar-refractivity contribution in [1.29, 1.82) is 0 Å². The van der Waals surface area contributed by atoms with Crippen LogP contribution in [0.4, 0.5) is 5.69 Å². The molecule has 7 nitrogen and oxygen atoms in total. The summed E-state index contributed by atoms with van der Waals surface area (Å²) in [7, 11) is 3.07. The van der Waals surface area contributed by atoms with Crippen LogP contribution in [0.15, 0.2) is 47.6 Å². The third kappa shape index (κ3) is 6.34. The number of carbonyl (C=O) groups excluding carboxylic acids is 2. The zero-order chi connectivity index (χ0) is 22.3. The van der Waals surface area contributed by atoms with E-state index < -0.39 is 0 Å². The number of ether oxygens (including phenoxy) is 2. The lowest BCUT2D eigenvalue weighted by molar-refractivity contribution is -0.115. The molecule has 0 aliphatic rings. The van der Waals surface area contributed by atoms with Crippen molar-refractivity contribution in [3.63, 3.8) is 0 Å². The Morgan fingerprint density at radius 1 is 1.00 bits per heavy atom. The smallest absolute Gasteiger partial charge is 0.271 e. The minimum Gasteiger partial charge on any atom is -0.497 e. The van der Waals surface area contributed by atoms with Gasteiger partial charge >= 0.3 is 0 Å². The van der Waals surface area contributed by atoms with E-state index in [0.717, 1.165) is 5.56 Å². The van der Waals surface area contributed by atoms with Crippen LogP contribution in [-0.4, -0.2) is 31.7 Å². The van der Waals surface area contributed by atoms with Gasteiger partial charge in [-0.2, -0.15) is 5.10 Å². The predicted molar refractivity (Wildman–Crippen MR) is 119 cm³/mol. The molecule has 2 amide bonds. The molecule has 0 unspecified atom stereocenters. The fraction of sp³-hybridized carbons (Fsp3) is 0.348. The van der Waals surface area contributed by atoms with Crippen LogP contribution < -0.4 is 20.2 Å². The summed E-state index contributed by atoms with van der Waals surface area (Å²) in [6.07, 6.45) is 0.0175. The number of hydrogen-bond donors (Lipinski definition) is 2. The van der Waals surface area contributed by atoms with E-state index >= 15 is 0 Å². The molecule has 0 aliphatic heterocycles. The van der Waals surface area contributed by atoms with Gasteiger partial charge in [0.15, 0.2) is 0 Å². The van der Waals surface area contributed by atoms with Crippen LogP contribution in [0.25, 0.3) is 0 Å². The Morgan fingerprint density at radius 2 is 1.67 bits per heavy atom. The summed E-state index contributed by atoms with van der Waals surface area (Å²) in [6, 6.07) is 12.5. The molecule has 7 heteroatoms. The first-order valence-corrected chi connectivity index (χ1v) is 9.60. The zero-order valence-corrected chi connectivity index (χ0v) is 18.3.